The predicted molar refractivity (Wildman–Crippen MR) is 116 cm³/mol. The number of nitrogens with one attached hydrogen (secondary N) is 3. The normalized spacial score (nSPS) is 21.4. The van der Waals surface area contributed by atoms with Gasteiger partial charge in [0.2, 0.25) is 5.95 Å². The standard InChI is InChI=1S/C22H27F3N6O2/c1-13(12-32)28-20-27-8-15-6-7-31(11-19(15)29-20)21(33)30-18-10-26-9-17(18)14-2-4-16(5-3-14)22(23,24)25/h2-5,8,13,17-18,26,32H,6-7,9-12H2,1H3,(H,30,33)(H,27,28,29). The van der Waals surface area contributed by atoms with E-state index < -0.39 is 11.7 Å². The minimum Gasteiger partial charge on any atom is -0.394 e. The lowest BCUT2D eigenvalue weighted by atomic mass is 9.93. The van der Waals surface area contributed by atoms with Crippen molar-refractivity contribution in [2.75, 3.05) is 31.6 Å². The van der Waals surface area contributed by atoms with Gasteiger partial charge in [0.05, 0.1) is 30.5 Å². The van der Waals surface area contributed by atoms with Crippen molar-refractivity contribution in [1.82, 2.24) is 25.5 Å². The fourth-order valence-corrected chi connectivity index (χ4v) is 4.16. The Bertz CT molecular complexity index is 985. The van der Waals surface area contributed by atoms with Crippen LogP contribution >= 0.6 is 0 Å². The molecule has 8 nitrogen and oxygen atoms in total. The van der Waals surface area contributed by atoms with Gasteiger partial charge in [-0.15, -0.1) is 0 Å². The summed E-state index contributed by atoms with van der Waals surface area (Å²) in [6.07, 6.45) is -2.00. The third kappa shape index (κ3) is 5.36. The summed E-state index contributed by atoms with van der Waals surface area (Å²) >= 11 is 0. The third-order valence-corrected chi connectivity index (χ3v) is 6.07. The lowest BCUT2D eigenvalue weighted by Gasteiger charge is -2.30. The number of hydrogen-bond donors (Lipinski definition) is 4. The molecule has 11 heteroatoms. The maximum absolute atomic E-state index is 13.0. The Kier molecular flexibility index (Phi) is 6.71. The first-order valence-corrected chi connectivity index (χ1v) is 10.9. The van der Waals surface area contributed by atoms with E-state index in [1.54, 1.807) is 11.1 Å². The third-order valence-electron chi connectivity index (χ3n) is 6.07. The van der Waals surface area contributed by atoms with Crippen molar-refractivity contribution in [2.24, 2.45) is 0 Å². The van der Waals surface area contributed by atoms with Gasteiger partial charge in [-0.25, -0.2) is 14.8 Å². The summed E-state index contributed by atoms with van der Waals surface area (Å²) in [5.74, 6) is 0.284. The SMILES string of the molecule is CC(CO)Nc1ncc2c(n1)CN(C(=O)NC1CNCC1c1ccc(C(F)(F)F)cc1)CC2. The molecule has 1 fully saturated rings. The van der Waals surface area contributed by atoms with E-state index in [1.807, 2.05) is 6.92 Å². The monoisotopic (exact) mass is 464 g/mol. The number of hydrogen-bond acceptors (Lipinski definition) is 6. The van der Waals surface area contributed by atoms with E-state index in [9.17, 15) is 23.1 Å². The van der Waals surface area contributed by atoms with E-state index >= 15 is 0 Å². The Morgan fingerprint density at radius 1 is 1.30 bits per heavy atom. The molecule has 0 radical (unpaired) electrons. The number of anilines is 1. The summed E-state index contributed by atoms with van der Waals surface area (Å²) < 4.78 is 38.6. The molecule has 1 saturated heterocycles. The van der Waals surface area contributed by atoms with Crippen LogP contribution in [0.5, 0.6) is 0 Å². The first-order chi connectivity index (χ1) is 15.7. The zero-order chi connectivity index (χ0) is 23.6. The number of aliphatic hydroxyl groups excluding tert-OH is 1. The highest BCUT2D eigenvalue weighted by Gasteiger charge is 2.34. The zero-order valence-corrected chi connectivity index (χ0v) is 18.2. The van der Waals surface area contributed by atoms with Crippen molar-refractivity contribution in [2.45, 2.75) is 44.1 Å². The number of fused-ring (bicyclic) bond motifs is 1. The van der Waals surface area contributed by atoms with E-state index in [2.05, 4.69) is 25.9 Å². The second-order valence-corrected chi connectivity index (χ2v) is 8.51. The highest BCUT2D eigenvalue weighted by Crippen LogP contribution is 2.31. The van der Waals surface area contributed by atoms with Gasteiger partial charge >= 0.3 is 12.2 Å². The van der Waals surface area contributed by atoms with E-state index in [0.29, 0.717) is 38.5 Å². The van der Waals surface area contributed by atoms with E-state index in [4.69, 9.17) is 0 Å². The molecule has 4 rings (SSSR count). The molecule has 33 heavy (non-hydrogen) atoms. The number of nitrogens with zero attached hydrogens (tertiary/aromatic N) is 3. The second kappa shape index (κ2) is 9.52. The van der Waals surface area contributed by atoms with Crippen LogP contribution in [0.15, 0.2) is 30.5 Å². The molecule has 3 unspecified atom stereocenters. The Labute approximate surface area is 189 Å². The van der Waals surface area contributed by atoms with Crippen molar-refractivity contribution in [3.63, 3.8) is 0 Å². The minimum absolute atomic E-state index is 0.0511. The molecule has 2 aromatic rings. The molecule has 3 heterocycles. The van der Waals surface area contributed by atoms with Crippen LogP contribution < -0.4 is 16.0 Å². The van der Waals surface area contributed by atoms with Crippen LogP contribution in [0, 0.1) is 0 Å². The molecule has 0 aliphatic carbocycles. The maximum Gasteiger partial charge on any atom is 0.416 e. The summed E-state index contributed by atoms with van der Waals surface area (Å²) in [6.45, 7) is 3.72. The van der Waals surface area contributed by atoms with E-state index in [0.717, 1.165) is 29.0 Å². The van der Waals surface area contributed by atoms with Gasteiger partial charge in [-0.2, -0.15) is 13.2 Å². The lowest BCUT2D eigenvalue weighted by molar-refractivity contribution is -0.137. The van der Waals surface area contributed by atoms with Crippen molar-refractivity contribution in [3.05, 3.63) is 52.8 Å². The zero-order valence-electron chi connectivity index (χ0n) is 18.2. The van der Waals surface area contributed by atoms with Crippen LogP contribution in [0.3, 0.4) is 0 Å². The van der Waals surface area contributed by atoms with Gasteiger partial charge in [0, 0.05) is 37.8 Å². The molecule has 178 valence electrons. The van der Waals surface area contributed by atoms with E-state index in [1.165, 1.54) is 12.1 Å². The minimum atomic E-state index is -4.38. The molecule has 4 N–H and O–H groups in total. The maximum atomic E-state index is 13.0. The number of carbonyl (C=O) groups excluding carboxylic acids is 1. The van der Waals surface area contributed by atoms with Gasteiger partial charge in [-0.1, -0.05) is 12.1 Å². The summed E-state index contributed by atoms with van der Waals surface area (Å²) in [4.78, 5) is 23.4. The van der Waals surface area contributed by atoms with Crippen LogP contribution in [0.1, 0.15) is 35.2 Å². The van der Waals surface area contributed by atoms with Crippen molar-refractivity contribution < 1.29 is 23.1 Å². The van der Waals surface area contributed by atoms with Gasteiger partial charge in [-0.05, 0) is 36.6 Å². The van der Waals surface area contributed by atoms with E-state index in [-0.39, 0.29) is 30.6 Å². The number of amides is 2. The van der Waals surface area contributed by atoms with Crippen molar-refractivity contribution >= 4 is 12.0 Å². The number of alkyl halides is 3. The Balaban J connectivity index is 1.40. The average molecular weight is 464 g/mol. The molecule has 1 aromatic carbocycles. The number of aromatic nitrogens is 2. The summed E-state index contributed by atoms with van der Waals surface area (Å²) in [6, 6.07) is 4.47. The molecule has 3 atom stereocenters. The molecular formula is C22H27F3N6O2. The number of benzene rings is 1. The van der Waals surface area contributed by atoms with Crippen LogP contribution in [-0.2, 0) is 19.1 Å². The highest BCUT2D eigenvalue weighted by atomic mass is 19.4. The molecule has 1 aromatic heterocycles. The predicted octanol–water partition coefficient (Wildman–Crippen LogP) is 2.11. The van der Waals surface area contributed by atoms with Gasteiger partial charge in [-0.3, -0.25) is 0 Å². The highest BCUT2D eigenvalue weighted by molar-refractivity contribution is 5.75. The van der Waals surface area contributed by atoms with Gasteiger partial charge in [0.25, 0.3) is 0 Å². The first kappa shape index (κ1) is 23.2. The number of aliphatic hydroxyl groups is 1. The molecule has 0 bridgehead atoms. The molecule has 2 amide bonds. The number of urea groups is 1. The summed E-state index contributed by atoms with van der Waals surface area (Å²) in [5.41, 5.74) is 1.80. The number of rotatable bonds is 5. The van der Waals surface area contributed by atoms with Crippen LogP contribution in [0.4, 0.5) is 23.9 Å². The Morgan fingerprint density at radius 2 is 2.06 bits per heavy atom. The topological polar surface area (TPSA) is 102 Å². The molecular weight excluding hydrogens is 437 g/mol. The Hall–Kier alpha value is -2.92. The first-order valence-electron chi connectivity index (χ1n) is 10.9. The molecule has 2 aliphatic rings. The van der Waals surface area contributed by atoms with Crippen LogP contribution in [-0.4, -0.2) is 64.3 Å². The molecule has 0 spiro atoms. The smallest absolute Gasteiger partial charge is 0.394 e. The van der Waals surface area contributed by atoms with Crippen molar-refractivity contribution in [1.29, 1.82) is 0 Å². The molecule has 0 saturated carbocycles. The van der Waals surface area contributed by atoms with Crippen LogP contribution in [0.2, 0.25) is 0 Å². The van der Waals surface area contributed by atoms with Gasteiger partial charge in [0.15, 0.2) is 0 Å². The number of carbonyl (C=O) groups is 1. The van der Waals surface area contributed by atoms with Crippen LogP contribution in [0.25, 0.3) is 0 Å². The largest absolute Gasteiger partial charge is 0.416 e. The quantitative estimate of drug-likeness (QED) is 0.541. The summed E-state index contributed by atoms with van der Waals surface area (Å²) in [7, 11) is 0. The van der Waals surface area contributed by atoms with Gasteiger partial charge < -0.3 is 26.0 Å². The average Bonchev–Trinajstić information content (AvgIpc) is 3.26. The van der Waals surface area contributed by atoms with Crippen molar-refractivity contribution in [3.8, 4) is 0 Å². The molecule has 2 aliphatic heterocycles. The fourth-order valence-electron chi connectivity index (χ4n) is 4.16. The number of halogens is 3. The summed E-state index contributed by atoms with van der Waals surface area (Å²) in [5, 5.41) is 18.5. The van der Waals surface area contributed by atoms with Gasteiger partial charge in [0.1, 0.15) is 0 Å². The lowest BCUT2D eigenvalue weighted by Crippen LogP contribution is -2.48. The Morgan fingerprint density at radius 3 is 2.76 bits per heavy atom. The second-order valence-electron chi connectivity index (χ2n) is 8.51. The fraction of sp³-hybridized carbons (Fsp3) is 0.500.